The zero-order valence-corrected chi connectivity index (χ0v) is 15.1. The highest BCUT2D eigenvalue weighted by Crippen LogP contribution is 2.33. The van der Waals surface area contributed by atoms with Crippen molar-refractivity contribution in [3.05, 3.63) is 48.0 Å². The van der Waals surface area contributed by atoms with Gasteiger partial charge in [0.05, 0.1) is 12.1 Å². The number of aryl methyl sites for hydroxylation is 1. The molecule has 0 bridgehead atoms. The molecule has 1 aromatic heterocycles. The number of halogens is 1. The summed E-state index contributed by atoms with van der Waals surface area (Å²) in [7, 11) is 1.78. The highest BCUT2D eigenvalue weighted by molar-refractivity contribution is 5.95. The number of amides is 2. The third kappa shape index (κ3) is 3.44. The average molecular weight is 372 g/mol. The van der Waals surface area contributed by atoms with Crippen LogP contribution in [0.15, 0.2) is 36.5 Å². The van der Waals surface area contributed by atoms with Crippen molar-refractivity contribution in [1.29, 1.82) is 0 Å². The number of carbonyl (C=O) groups is 2. The lowest BCUT2D eigenvalue weighted by atomic mass is 9.89. The molecule has 0 aliphatic carbocycles. The molecule has 0 atom stereocenters. The molecule has 0 N–H and O–H groups in total. The summed E-state index contributed by atoms with van der Waals surface area (Å²) < 4.78 is 20.7. The molecular weight excluding hydrogens is 351 g/mol. The predicted octanol–water partition coefficient (Wildman–Crippen LogP) is 1.60. The van der Waals surface area contributed by atoms with Gasteiger partial charge in [-0.1, -0.05) is 0 Å². The summed E-state index contributed by atoms with van der Waals surface area (Å²) in [6.45, 7) is 1.48. The van der Waals surface area contributed by atoms with Gasteiger partial charge in [-0.05, 0) is 43.2 Å². The number of benzene rings is 1. The SMILES string of the molecule is Cn1ccc(C(=O)N2CCC3(CC2)CN(c2ccc(F)cc2)C(=O)CO3)n1. The van der Waals surface area contributed by atoms with Crippen molar-refractivity contribution in [3.8, 4) is 0 Å². The van der Waals surface area contributed by atoms with E-state index < -0.39 is 5.60 Å². The molecule has 1 spiro atoms. The quantitative estimate of drug-likeness (QED) is 0.803. The number of likely N-dealkylation sites (tertiary alicyclic amines) is 1. The lowest BCUT2D eigenvalue weighted by Gasteiger charge is -2.46. The van der Waals surface area contributed by atoms with Crippen LogP contribution >= 0.6 is 0 Å². The number of carbonyl (C=O) groups excluding carboxylic acids is 2. The molecule has 3 heterocycles. The molecule has 2 aromatic rings. The summed E-state index contributed by atoms with van der Waals surface area (Å²) in [5.74, 6) is -0.567. The second-order valence-corrected chi connectivity index (χ2v) is 7.09. The van der Waals surface area contributed by atoms with Gasteiger partial charge in [-0.3, -0.25) is 14.3 Å². The van der Waals surface area contributed by atoms with Crippen LogP contribution in [0.4, 0.5) is 10.1 Å². The Morgan fingerprint density at radius 2 is 1.89 bits per heavy atom. The fourth-order valence-electron chi connectivity index (χ4n) is 3.68. The Bertz CT molecular complexity index is 856. The number of nitrogens with zero attached hydrogens (tertiary/aromatic N) is 4. The highest BCUT2D eigenvalue weighted by atomic mass is 19.1. The fraction of sp³-hybridized carbons (Fsp3) is 0.421. The first kappa shape index (κ1) is 17.7. The van der Waals surface area contributed by atoms with E-state index in [9.17, 15) is 14.0 Å². The molecule has 2 amide bonds. The van der Waals surface area contributed by atoms with E-state index in [1.54, 1.807) is 45.9 Å². The molecule has 8 heteroatoms. The minimum Gasteiger partial charge on any atom is -0.363 e. The summed E-state index contributed by atoms with van der Waals surface area (Å²) in [5, 5.41) is 4.17. The lowest BCUT2D eigenvalue weighted by Crippen LogP contribution is -2.59. The van der Waals surface area contributed by atoms with Crippen LogP contribution in [0.25, 0.3) is 0 Å². The molecule has 27 heavy (non-hydrogen) atoms. The molecule has 0 unspecified atom stereocenters. The first-order valence-corrected chi connectivity index (χ1v) is 8.95. The van der Waals surface area contributed by atoms with E-state index in [2.05, 4.69) is 5.10 Å². The van der Waals surface area contributed by atoms with E-state index in [1.807, 2.05) is 0 Å². The number of hydrogen-bond acceptors (Lipinski definition) is 4. The van der Waals surface area contributed by atoms with Gasteiger partial charge in [0.2, 0.25) is 0 Å². The third-order valence-corrected chi connectivity index (χ3v) is 5.28. The number of aromatic nitrogens is 2. The molecular formula is C19H21FN4O3. The van der Waals surface area contributed by atoms with E-state index in [4.69, 9.17) is 4.74 Å². The van der Waals surface area contributed by atoms with Gasteiger partial charge in [-0.15, -0.1) is 0 Å². The van der Waals surface area contributed by atoms with Crippen molar-refractivity contribution in [2.45, 2.75) is 18.4 Å². The van der Waals surface area contributed by atoms with Gasteiger partial charge in [0.25, 0.3) is 11.8 Å². The number of piperidine rings is 1. The average Bonchev–Trinajstić information content (AvgIpc) is 3.11. The molecule has 0 saturated carbocycles. The standard InChI is InChI=1S/C19H21FN4O3/c1-22-9-6-16(21-22)18(26)23-10-7-19(8-11-23)13-24(17(25)12-27-19)15-4-2-14(20)3-5-15/h2-6,9H,7-8,10-13H2,1H3. The van der Waals surface area contributed by atoms with Crippen molar-refractivity contribution in [1.82, 2.24) is 14.7 Å². The summed E-state index contributed by atoms with van der Waals surface area (Å²) >= 11 is 0. The van der Waals surface area contributed by atoms with Crippen LogP contribution in [0.1, 0.15) is 23.3 Å². The second kappa shape index (κ2) is 6.77. The zero-order chi connectivity index (χ0) is 19.0. The Morgan fingerprint density at radius 1 is 1.19 bits per heavy atom. The molecule has 2 aliphatic rings. The summed E-state index contributed by atoms with van der Waals surface area (Å²) in [5.41, 5.74) is 0.612. The summed E-state index contributed by atoms with van der Waals surface area (Å²) in [4.78, 5) is 28.3. The Kier molecular flexibility index (Phi) is 4.43. The van der Waals surface area contributed by atoms with E-state index in [0.717, 1.165) is 0 Å². The van der Waals surface area contributed by atoms with Crippen molar-refractivity contribution in [2.75, 3.05) is 31.1 Å². The molecule has 1 aromatic carbocycles. The number of anilines is 1. The second-order valence-electron chi connectivity index (χ2n) is 7.09. The normalized spacial score (nSPS) is 19.6. The maximum atomic E-state index is 13.2. The van der Waals surface area contributed by atoms with Crippen LogP contribution in [-0.2, 0) is 16.6 Å². The number of hydrogen-bond donors (Lipinski definition) is 0. The monoisotopic (exact) mass is 372 g/mol. The van der Waals surface area contributed by atoms with Crippen LogP contribution < -0.4 is 4.90 Å². The maximum absolute atomic E-state index is 13.2. The number of ether oxygens (including phenoxy) is 1. The third-order valence-electron chi connectivity index (χ3n) is 5.28. The van der Waals surface area contributed by atoms with Gasteiger partial charge in [-0.2, -0.15) is 5.10 Å². The smallest absolute Gasteiger partial charge is 0.274 e. The van der Waals surface area contributed by atoms with Gasteiger partial charge >= 0.3 is 0 Å². The van der Waals surface area contributed by atoms with Gasteiger partial charge in [0.15, 0.2) is 0 Å². The van der Waals surface area contributed by atoms with Gasteiger partial charge < -0.3 is 14.5 Å². The number of morpholine rings is 1. The number of rotatable bonds is 2. The Morgan fingerprint density at radius 3 is 2.52 bits per heavy atom. The molecule has 142 valence electrons. The van der Waals surface area contributed by atoms with Gasteiger partial charge in [0, 0.05) is 32.0 Å². The van der Waals surface area contributed by atoms with Gasteiger partial charge in [0.1, 0.15) is 18.1 Å². The Balaban J connectivity index is 1.45. The minimum atomic E-state index is -0.483. The first-order valence-electron chi connectivity index (χ1n) is 8.95. The van der Waals surface area contributed by atoms with Crippen molar-refractivity contribution >= 4 is 17.5 Å². The predicted molar refractivity (Wildman–Crippen MR) is 95.8 cm³/mol. The first-order chi connectivity index (χ1) is 13.0. The topological polar surface area (TPSA) is 67.7 Å². The molecule has 7 nitrogen and oxygen atoms in total. The molecule has 2 fully saturated rings. The molecule has 0 radical (unpaired) electrons. The summed E-state index contributed by atoms with van der Waals surface area (Å²) in [6.07, 6.45) is 3.02. The Hall–Kier alpha value is -2.74. The lowest BCUT2D eigenvalue weighted by molar-refractivity contribution is -0.143. The van der Waals surface area contributed by atoms with Crippen molar-refractivity contribution in [3.63, 3.8) is 0 Å². The van der Waals surface area contributed by atoms with Crippen LogP contribution in [0.2, 0.25) is 0 Å². The summed E-state index contributed by atoms with van der Waals surface area (Å²) in [6, 6.07) is 7.61. The molecule has 2 aliphatic heterocycles. The molecule has 4 rings (SSSR count). The Labute approximate surface area is 156 Å². The largest absolute Gasteiger partial charge is 0.363 e. The van der Waals surface area contributed by atoms with Crippen LogP contribution in [0.5, 0.6) is 0 Å². The minimum absolute atomic E-state index is 0.00837. The van der Waals surface area contributed by atoms with Crippen LogP contribution in [0, 0.1) is 5.82 Å². The van der Waals surface area contributed by atoms with Crippen molar-refractivity contribution < 1.29 is 18.7 Å². The van der Waals surface area contributed by atoms with E-state index in [0.29, 0.717) is 43.9 Å². The van der Waals surface area contributed by atoms with Crippen LogP contribution in [0.3, 0.4) is 0 Å². The van der Waals surface area contributed by atoms with E-state index in [1.165, 1.54) is 12.1 Å². The van der Waals surface area contributed by atoms with Crippen LogP contribution in [-0.4, -0.2) is 58.3 Å². The zero-order valence-electron chi connectivity index (χ0n) is 15.1. The molecule has 2 saturated heterocycles. The maximum Gasteiger partial charge on any atom is 0.274 e. The fourth-order valence-corrected chi connectivity index (χ4v) is 3.68. The van der Waals surface area contributed by atoms with Gasteiger partial charge in [-0.25, -0.2) is 4.39 Å². The van der Waals surface area contributed by atoms with E-state index >= 15 is 0 Å². The highest BCUT2D eigenvalue weighted by Gasteiger charge is 2.43. The van der Waals surface area contributed by atoms with Crippen molar-refractivity contribution in [2.24, 2.45) is 7.05 Å². The van der Waals surface area contributed by atoms with E-state index in [-0.39, 0.29) is 24.2 Å².